The Hall–Kier alpha value is -2.77. The zero-order valence-corrected chi connectivity index (χ0v) is 13.7. The Morgan fingerprint density at radius 2 is 1.83 bits per heavy atom. The summed E-state index contributed by atoms with van der Waals surface area (Å²) < 4.78 is 11.8. The maximum absolute atomic E-state index is 9.52. The van der Waals surface area contributed by atoms with Crippen LogP contribution in [-0.2, 0) is 0 Å². The molecule has 0 unspecified atom stereocenters. The average Bonchev–Trinajstić information content (AvgIpc) is 3.01. The second kappa shape index (κ2) is 6.55. The Bertz CT molecular complexity index is 886. The van der Waals surface area contributed by atoms with E-state index in [2.05, 4.69) is 24.3 Å². The quantitative estimate of drug-likeness (QED) is 0.636. The standard InChI is InChI=1S/C19H15NO2S/c1-21-17-8-7-13(11-18(17)22-2)15(12-20)10-16-9-14-5-3-4-6-19(14)23-16/h3-11H,1-2H3/b15-10-. The van der Waals surface area contributed by atoms with Crippen molar-refractivity contribution in [3.63, 3.8) is 0 Å². The number of hydrogen-bond donors (Lipinski definition) is 0. The summed E-state index contributed by atoms with van der Waals surface area (Å²) >= 11 is 1.67. The number of benzene rings is 2. The molecule has 0 amide bonds. The van der Waals surface area contributed by atoms with Crippen molar-refractivity contribution in [1.29, 1.82) is 5.26 Å². The van der Waals surface area contributed by atoms with E-state index in [1.54, 1.807) is 25.6 Å². The van der Waals surface area contributed by atoms with Crippen LogP contribution in [0.15, 0.2) is 48.5 Å². The Morgan fingerprint density at radius 3 is 2.52 bits per heavy atom. The highest BCUT2D eigenvalue weighted by molar-refractivity contribution is 7.19. The van der Waals surface area contributed by atoms with E-state index in [4.69, 9.17) is 9.47 Å². The van der Waals surface area contributed by atoms with Gasteiger partial charge in [0.05, 0.1) is 25.9 Å². The molecule has 0 aliphatic carbocycles. The monoisotopic (exact) mass is 321 g/mol. The van der Waals surface area contributed by atoms with Crippen LogP contribution in [0.25, 0.3) is 21.7 Å². The van der Waals surface area contributed by atoms with Crippen molar-refractivity contribution >= 4 is 33.1 Å². The van der Waals surface area contributed by atoms with Crippen LogP contribution in [0.5, 0.6) is 11.5 Å². The van der Waals surface area contributed by atoms with E-state index in [0.717, 1.165) is 10.4 Å². The van der Waals surface area contributed by atoms with E-state index < -0.39 is 0 Å². The van der Waals surface area contributed by atoms with Gasteiger partial charge in [-0.1, -0.05) is 18.2 Å². The number of rotatable bonds is 4. The van der Waals surface area contributed by atoms with Crippen LogP contribution in [0.3, 0.4) is 0 Å². The van der Waals surface area contributed by atoms with Gasteiger partial charge >= 0.3 is 0 Å². The van der Waals surface area contributed by atoms with Gasteiger partial charge in [0, 0.05) is 9.58 Å². The Kier molecular flexibility index (Phi) is 4.31. The zero-order chi connectivity index (χ0) is 16.2. The molecule has 0 spiro atoms. The topological polar surface area (TPSA) is 42.2 Å². The molecule has 1 aromatic heterocycles. The molecular formula is C19H15NO2S. The second-order valence-corrected chi connectivity index (χ2v) is 6.04. The molecule has 23 heavy (non-hydrogen) atoms. The minimum atomic E-state index is 0.595. The first-order valence-electron chi connectivity index (χ1n) is 7.08. The molecule has 0 saturated heterocycles. The fourth-order valence-corrected chi connectivity index (χ4v) is 3.41. The summed E-state index contributed by atoms with van der Waals surface area (Å²) in [6, 6.07) is 18.1. The summed E-state index contributed by atoms with van der Waals surface area (Å²) in [5.74, 6) is 1.26. The number of fused-ring (bicyclic) bond motifs is 1. The minimum absolute atomic E-state index is 0.595. The number of methoxy groups -OCH3 is 2. The van der Waals surface area contributed by atoms with Crippen molar-refractivity contribution in [3.05, 3.63) is 59.0 Å². The van der Waals surface area contributed by atoms with Crippen molar-refractivity contribution in [3.8, 4) is 17.6 Å². The molecule has 4 heteroatoms. The molecular weight excluding hydrogens is 306 g/mol. The highest BCUT2D eigenvalue weighted by Gasteiger charge is 2.09. The predicted octanol–water partition coefficient (Wildman–Crippen LogP) is 4.98. The Labute approximate surface area is 139 Å². The number of thiophene rings is 1. The first-order chi connectivity index (χ1) is 11.2. The van der Waals surface area contributed by atoms with E-state index in [9.17, 15) is 5.26 Å². The van der Waals surface area contributed by atoms with Crippen LogP contribution in [0.4, 0.5) is 0 Å². The molecule has 114 valence electrons. The predicted molar refractivity (Wildman–Crippen MR) is 94.9 cm³/mol. The van der Waals surface area contributed by atoms with Crippen LogP contribution < -0.4 is 9.47 Å². The van der Waals surface area contributed by atoms with Crippen molar-refractivity contribution < 1.29 is 9.47 Å². The van der Waals surface area contributed by atoms with Gasteiger partial charge in [-0.3, -0.25) is 0 Å². The van der Waals surface area contributed by atoms with Gasteiger partial charge < -0.3 is 9.47 Å². The van der Waals surface area contributed by atoms with Gasteiger partial charge in [-0.25, -0.2) is 0 Å². The fraction of sp³-hybridized carbons (Fsp3) is 0.105. The lowest BCUT2D eigenvalue weighted by Gasteiger charge is -2.08. The van der Waals surface area contributed by atoms with Gasteiger partial charge in [0.25, 0.3) is 0 Å². The maximum Gasteiger partial charge on any atom is 0.161 e. The van der Waals surface area contributed by atoms with Gasteiger partial charge in [0.1, 0.15) is 0 Å². The van der Waals surface area contributed by atoms with Crippen LogP contribution in [0.2, 0.25) is 0 Å². The minimum Gasteiger partial charge on any atom is -0.493 e. The van der Waals surface area contributed by atoms with Crippen LogP contribution in [0.1, 0.15) is 10.4 Å². The van der Waals surface area contributed by atoms with Gasteiger partial charge in [-0.15, -0.1) is 11.3 Å². The molecule has 2 aromatic carbocycles. The highest BCUT2D eigenvalue weighted by Crippen LogP contribution is 2.32. The van der Waals surface area contributed by atoms with E-state index in [0.29, 0.717) is 17.1 Å². The Balaban J connectivity index is 2.03. The molecule has 0 bridgehead atoms. The van der Waals surface area contributed by atoms with E-state index >= 15 is 0 Å². The van der Waals surface area contributed by atoms with E-state index in [-0.39, 0.29) is 0 Å². The first kappa shape index (κ1) is 15.1. The lowest BCUT2D eigenvalue weighted by molar-refractivity contribution is 0.355. The Morgan fingerprint density at radius 1 is 1.04 bits per heavy atom. The van der Waals surface area contributed by atoms with Crippen molar-refractivity contribution in [2.75, 3.05) is 14.2 Å². The molecule has 0 fully saturated rings. The first-order valence-corrected chi connectivity index (χ1v) is 7.89. The number of allylic oxidation sites excluding steroid dienone is 1. The lowest BCUT2D eigenvalue weighted by atomic mass is 10.1. The summed E-state index contributed by atoms with van der Waals surface area (Å²) in [5, 5.41) is 10.7. The van der Waals surface area contributed by atoms with Crippen LogP contribution in [0, 0.1) is 11.3 Å². The SMILES string of the molecule is COc1ccc(/C(C#N)=C\c2cc3ccccc3s2)cc1OC. The van der Waals surface area contributed by atoms with Crippen LogP contribution in [-0.4, -0.2) is 14.2 Å². The molecule has 0 saturated carbocycles. The highest BCUT2D eigenvalue weighted by atomic mass is 32.1. The number of hydrogen-bond acceptors (Lipinski definition) is 4. The number of ether oxygens (including phenoxy) is 2. The lowest BCUT2D eigenvalue weighted by Crippen LogP contribution is -1.92. The molecule has 3 rings (SSSR count). The number of nitriles is 1. The smallest absolute Gasteiger partial charge is 0.161 e. The third kappa shape index (κ3) is 3.05. The maximum atomic E-state index is 9.52. The van der Waals surface area contributed by atoms with E-state index in [1.165, 1.54) is 10.1 Å². The average molecular weight is 321 g/mol. The van der Waals surface area contributed by atoms with Crippen LogP contribution >= 0.6 is 11.3 Å². The zero-order valence-electron chi connectivity index (χ0n) is 12.9. The molecule has 1 heterocycles. The van der Waals surface area contributed by atoms with Gasteiger partial charge in [0.15, 0.2) is 11.5 Å². The largest absolute Gasteiger partial charge is 0.493 e. The summed E-state index contributed by atoms with van der Waals surface area (Å²) in [7, 11) is 3.18. The summed E-state index contributed by atoms with van der Waals surface area (Å²) in [6.45, 7) is 0. The fourth-order valence-electron chi connectivity index (χ4n) is 2.40. The van der Waals surface area contributed by atoms with Gasteiger partial charge in [-0.2, -0.15) is 5.26 Å². The van der Waals surface area contributed by atoms with Crippen molar-refractivity contribution in [2.45, 2.75) is 0 Å². The third-order valence-electron chi connectivity index (χ3n) is 3.55. The molecule has 0 aliphatic heterocycles. The number of nitrogens with zero attached hydrogens (tertiary/aromatic N) is 1. The summed E-state index contributed by atoms with van der Waals surface area (Å²) in [4.78, 5) is 1.05. The molecule has 0 N–H and O–H groups in total. The molecule has 0 atom stereocenters. The third-order valence-corrected chi connectivity index (χ3v) is 4.61. The van der Waals surface area contributed by atoms with E-state index in [1.807, 2.05) is 36.4 Å². The van der Waals surface area contributed by atoms with Gasteiger partial charge in [0.2, 0.25) is 0 Å². The summed E-state index contributed by atoms with van der Waals surface area (Å²) in [5.41, 5.74) is 1.40. The molecule has 3 aromatic rings. The van der Waals surface area contributed by atoms with Gasteiger partial charge in [-0.05, 0) is 47.4 Å². The normalized spacial score (nSPS) is 11.3. The van der Waals surface area contributed by atoms with Crippen molar-refractivity contribution in [1.82, 2.24) is 0 Å². The molecule has 0 aliphatic rings. The summed E-state index contributed by atoms with van der Waals surface area (Å²) in [6.07, 6.45) is 1.91. The molecule has 3 nitrogen and oxygen atoms in total. The van der Waals surface area contributed by atoms with Crippen molar-refractivity contribution in [2.24, 2.45) is 0 Å². The molecule has 0 radical (unpaired) electrons. The second-order valence-electron chi connectivity index (χ2n) is 4.93.